The number of H-pyrrole nitrogens is 1. The molecule has 3 heterocycles. The molecule has 4 rings (SSSR count). The number of aromatic nitrogens is 3. The molecule has 0 amide bonds. The zero-order valence-electron chi connectivity index (χ0n) is 18.6. The predicted octanol–water partition coefficient (Wildman–Crippen LogP) is 3.24. The van der Waals surface area contributed by atoms with Crippen LogP contribution in [0.25, 0.3) is 11.4 Å². The number of pyridine rings is 1. The van der Waals surface area contributed by atoms with Gasteiger partial charge in [-0.2, -0.15) is 0 Å². The Morgan fingerprint density at radius 2 is 1.97 bits per heavy atom. The number of nitrogens with zero attached hydrogens (tertiary/aromatic N) is 3. The molecule has 2 aromatic heterocycles. The number of nitrogens with one attached hydrogen (secondary N) is 1. The Bertz CT molecular complexity index is 1120. The van der Waals surface area contributed by atoms with E-state index in [9.17, 15) is 4.79 Å². The number of benzene rings is 1. The fourth-order valence-electron chi connectivity index (χ4n) is 4.29. The Morgan fingerprint density at radius 3 is 2.69 bits per heavy atom. The van der Waals surface area contributed by atoms with Gasteiger partial charge in [-0.25, -0.2) is 4.98 Å². The molecule has 1 aliphatic heterocycles. The second-order valence-electron chi connectivity index (χ2n) is 7.83. The highest BCUT2D eigenvalue weighted by Crippen LogP contribution is 2.40. The van der Waals surface area contributed by atoms with Crippen LogP contribution in [0.4, 0.5) is 0 Å². The third kappa shape index (κ3) is 4.60. The van der Waals surface area contributed by atoms with Gasteiger partial charge in [-0.1, -0.05) is 6.07 Å². The van der Waals surface area contributed by atoms with E-state index in [0.29, 0.717) is 29.6 Å². The summed E-state index contributed by atoms with van der Waals surface area (Å²) in [5.74, 6) is 2.65. The Labute approximate surface area is 187 Å². The van der Waals surface area contributed by atoms with Crippen LogP contribution in [0.15, 0.2) is 47.5 Å². The average Bonchev–Trinajstić information content (AvgIpc) is 2.84. The van der Waals surface area contributed by atoms with Crippen LogP contribution in [0.3, 0.4) is 0 Å². The monoisotopic (exact) mass is 436 g/mol. The van der Waals surface area contributed by atoms with Crippen molar-refractivity contribution in [3.8, 4) is 28.6 Å². The Balaban J connectivity index is 1.56. The van der Waals surface area contributed by atoms with Crippen molar-refractivity contribution in [3.05, 3.63) is 64.3 Å². The molecule has 0 spiro atoms. The second-order valence-corrected chi connectivity index (χ2v) is 7.83. The van der Waals surface area contributed by atoms with Crippen molar-refractivity contribution in [2.24, 2.45) is 0 Å². The van der Waals surface area contributed by atoms with E-state index in [1.165, 1.54) is 0 Å². The number of piperidine rings is 1. The summed E-state index contributed by atoms with van der Waals surface area (Å²) >= 11 is 0. The molecular formula is C24H28N4O4. The van der Waals surface area contributed by atoms with Crippen LogP contribution < -0.4 is 19.8 Å². The van der Waals surface area contributed by atoms with Gasteiger partial charge in [-0.3, -0.25) is 14.7 Å². The number of likely N-dealkylation sites (tertiary alicyclic amines) is 1. The van der Waals surface area contributed by atoms with E-state index in [-0.39, 0.29) is 11.5 Å². The van der Waals surface area contributed by atoms with E-state index >= 15 is 0 Å². The summed E-state index contributed by atoms with van der Waals surface area (Å²) in [6.07, 6.45) is 5.42. The summed E-state index contributed by atoms with van der Waals surface area (Å²) in [7, 11) is 4.86. The summed E-state index contributed by atoms with van der Waals surface area (Å²) in [5, 5.41) is 0. The molecule has 1 aromatic carbocycles. The Hall–Kier alpha value is -3.39. The van der Waals surface area contributed by atoms with Crippen LogP contribution >= 0.6 is 0 Å². The maximum absolute atomic E-state index is 12.3. The minimum atomic E-state index is -0.146. The van der Waals surface area contributed by atoms with Crippen LogP contribution in [0, 0.1) is 0 Å². The number of methoxy groups -OCH3 is 3. The number of hydrogen-bond donors (Lipinski definition) is 1. The lowest BCUT2D eigenvalue weighted by Gasteiger charge is -2.33. The van der Waals surface area contributed by atoms with Gasteiger partial charge in [-0.15, -0.1) is 0 Å². The SMILES string of the molecule is COc1ccc(CN2CCCC(c3cc(=O)[nH]c(-c4cccnc4)n3)C2)c(OC)c1OC. The highest BCUT2D eigenvalue weighted by Gasteiger charge is 2.25. The summed E-state index contributed by atoms with van der Waals surface area (Å²) in [5.41, 5.74) is 2.50. The molecule has 168 valence electrons. The topological polar surface area (TPSA) is 89.6 Å². The largest absolute Gasteiger partial charge is 0.493 e. The minimum absolute atomic E-state index is 0.146. The van der Waals surface area contributed by atoms with E-state index < -0.39 is 0 Å². The van der Waals surface area contributed by atoms with Crippen molar-refractivity contribution in [2.75, 3.05) is 34.4 Å². The maximum Gasteiger partial charge on any atom is 0.251 e. The highest BCUT2D eigenvalue weighted by atomic mass is 16.5. The zero-order valence-corrected chi connectivity index (χ0v) is 18.6. The lowest BCUT2D eigenvalue weighted by atomic mass is 9.94. The van der Waals surface area contributed by atoms with E-state index in [1.54, 1.807) is 39.8 Å². The van der Waals surface area contributed by atoms with Crippen LogP contribution in [-0.4, -0.2) is 54.3 Å². The van der Waals surface area contributed by atoms with Crippen LogP contribution in [0.5, 0.6) is 17.2 Å². The maximum atomic E-state index is 12.3. The third-order valence-electron chi connectivity index (χ3n) is 5.80. The quantitative estimate of drug-likeness (QED) is 0.608. The Kier molecular flexibility index (Phi) is 6.70. The molecule has 8 nitrogen and oxygen atoms in total. The van der Waals surface area contributed by atoms with Gasteiger partial charge in [0.15, 0.2) is 11.5 Å². The molecule has 3 aromatic rings. The summed E-state index contributed by atoms with van der Waals surface area (Å²) in [6.45, 7) is 2.48. The van der Waals surface area contributed by atoms with Gasteiger partial charge >= 0.3 is 0 Å². The second kappa shape index (κ2) is 9.82. The molecule has 8 heteroatoms. The van der Waals surface area contributed by atoms with E-state index in [4.69, 9.17) is 19.2 Å². The number of aromatic amines is 1. The van der Waals surface area contributed by atoms with Gasteiger partial charge in [0.25, 0.3) is 5.56 Å². The fourth-order valence-corrected chi connectivity index (χ4v) is 4.29. The van der Waals surface area contributed by atoms with Gasteiger partial charge in [0.1, 0.15) is 5.82 Å². The molecular weight excluding hydrogens is 408 g/mol. The molecule has 0 radical (unpaired) electrons. The van der Waals surface area contributed by atoms with E-state index in [0.717, 1.165) is 42.8 Å². The number of ether oxygens (including phenoxy) is 3. The van der Waals surface area contributed by atoms with Gasteiger partial charge in [0.05, 0.1) is 27.0 Å². The first kappa shape index (κ1) is 21.8. The number of rotatable bonds is 7. The molecule has 32 heavy (non-hydrogen) atoms. The molecule has 1 atom stereocenters. The van der Waals surface area contributed by atoms with Gasteiger partial charge in [0, 0.05) is 48.6 Å². The minimum Gasteiger partial charge on any atom is -0.493 e. The third-order valence-corrected chi connectivity index (χ3v) is 5.80. The van der Waals surface area contributed by atoms with Crippen molar-refractivity contribution in [1.29, 1.82) is 0 Å². The van der Waals surface area contributed by atoms with Gasteiger partial charge in [0.2, 0.25) is 5.75 Å². The molecule has 1 N–H and O–H groups in total. The molecule has 0 aliphatic carbocycles. The number of hydrogen-bond acceptors (Lipinski definition) is 7. The van der Waals surface area contributed by atoms with Gasteiger partial charge < -0.3 is 19.2 Å². The summed E-state index contributed by atoms with van der Waals surface area (Å²) in [6, 6.07) is 9.25. The average molecular weight is 437 g/mol. The highest BCUT2D eigenvalue weighted by molar-refractivity contribution is 5.56. The van der Waals surface area contributed by atoms with Crippen LogP contribution in [-0.2, 0) is 6.54 Å². The lowest BCUT2D eigenvalue weighted by Crippen LogP contribution is -2.34. The van der Waals surface area contributed by atoms with E-state index in [1.807, 2.05) is 24.3 Å². The molecule has 0 bridgehead atoms. The molecule has 1 aliphatic rings. The van der Waals surface area contributed by atoms with Crippen molar-refractivity contribution in [3.63, 3.8) is 0 Å². The first-order valence-electron chi connectivity index (χ1n) is 10.6. The first-order valence-corrected chi connectivity index (χ1v) is 10.6. The predicted molar refractivity (Wildman–Crippen MR) is 121 cm³/mol. The normalized spacial score (nSPS) is 16.5. The summed E-state index contributed by atoms with van der Waals surface area (Å²) in [4.78, 5) is 26.4. The van der Waals surface area contributed by atoms with Crippen molar-refractivity contribution >= 4 is 0 Å². The van der Waals surface area contributed by atoms with Gasteiger partial charge in [-0.05, 0) is 37.6 Å². The zero-order chi connectivity index (χ0) is 22.5. The fraction of sp³-hybridized carbons (Fsp3) is 0.375. The first-order chi connectivity index (χ1) is 15.6. The lowest BCUT2D eigenvalue weighted by molar-refractivity contribution is 0.195. The van der Waals surface area contributed by atoms with Crippen molar-refractivity contribution in [2.45, 2.75) is 25.3 Å². The smallest absolute Gasteiger partial charge is 0.251 e. The molecule has 1 unspecified atom stereocenters. The Morgan fingerprint density at radius 1 is 1.12 bits per heavy atom. The molecule has 1 saturated heterocycles. The molecule has 1 fully saturated rings. The van der Waals surface area contributed by atoms with Crippen molar-refractivity contribution in [1.82, 2.24) is 19.9 Å². The van der Waals surface area contributed by atoms with Crippen molar-refractivity contribution < 1.29 is 14.2 Å². The molecule has 0 saturated carbocycles. The van der Waals surface area contributed by atoms with Crippen LogP contribution in [0.1, 0.15) is 30.0 Å². The van der Waals surface area contributed by atoms with E-state index in [2.05, 4.69) is 14.9 Å². The van der Waals surface area contributed by atoms with Crippen LogP contribution in [0.2, 0.25) is 0 Å². The standard InChI is InChI=1S/C24H28N4O4/c1-30-20-9-8-18(22(31-2)23(20)32-3)15-28-11-5-7-17(14-28)19-12-21(29)27-24(26-19)16-6-4-10-25-13-16/h4,6,8-10,12-13,17H,5,7,11,14-15H2,1-3H3,(H,26,27,29). The summed E-state index contributed by atoms with van der Waals surface area (Å²) < 4.78 is 16.6.